The molecule has 1 aliphatic carbocycles. The van der Waals surface area contributed by atoms with Gasteiger partial charge in [0.05, 0.1) is 12.8 Å². The number of unbranched alkanes of at least 4 members (excludes halogenated alkanes) is 2. The topological polar surface area (TPSA) is 38.7 Å². The van der Waals surface area contributed by atoms with Gasteiger partial charge in [0, 0.05) is 11.5 Å². The van der Waals surface area contributed by atoms with E-state index in [1.807, 2.05) is 19.1 Å². The summed E-state index contributed by atoms with van der Waals surface area (Å²) in [6, 6.07) is 14.5. The zero-order chi connectivity index (χ0) is 22.1. The first-order valence-corrected chi connectivity index (χ1v) is 13.1. The van der Waals surface area contributed by atoms with Gasteiger partial charge in [-0.05, 0) is 69.2 Å². The van der Waals surface area contributed by atoms with Crippen LogP contribution in [0, 0.1) is 0 Å². The van der Waals surface area contributed by atoms with Crippen LogP contribution in [-0.2, 0) is 17.1 Å². The van der Waals surface area contributed by atoms with Crippen LogP contribution in [-0.4, -0.2) is 11.7 Å². The Hall–Kier alpha value is -1.83. The largest absolute Gasteiger partial charge is 0.507 e. The van der Waals surface area contributed by atoms with Crippen LogP contribution in [0.4, 0.5) is 0 Å². The average molecular weight is 441 g/mol. The molecule has 4 heteroatoms. The number of aromatic hydroxyl groups is 1. The molecule has 2 aromatic rings. The molecule has 0 fully saturated rings. The number of phenolic OH excluding ortho intramolecular Hbond substituents is 1. The quantitative estimate of drug-likeness (QED) is 0.217. The number of phenols is 1. The second kappa shape index (κ2) is 12.3. The van der Waals surface area contributed by atoms with Gasteiger partial charge in [-0.15, -0.1) is 0 Å². The highest BCUT2D eigenvalue weighted by Gasteiger charge is 2.25. The summed E-state index contributed by atoms with van der Waals surface area (Å²) in [5.74, 6) is 1.37. The lowest BCUT2D eigenvalue weighted by Gasteiger charge is -2.26. The molecule has 0 spiro atoms. The van der Waals surface area contributed by atoms with Crippen LogP contribution < -0.4 is 4.52 Å². The molecule has 0 saturated heterocycles. The maximum atomic E-state index is 11.1. The van der Waals surface area contributed by atoms with Crippen molar-refractivity contribution in [3.8, 4) is 11.5 Å². The Labute approximate surface area is 189 Å². The summed E-state index contributed by atoms with van der Waals surface area (Å²) in [6.07, 6.45) is 10.9. The Morgan fingerprint density at radius 1 is 1.06 bits per heavy atom. The maximum absolute atomic E-state index is 11.1. The van der Waals surface area contributed by atoms with E-state index in [0.717, 1.165) is 55.1 Å². The Kier molecular flexibility index (Phi) is 9.43. The molecule has 1 N–H and O–H groups in total. The third kappa shape index (κ3) is 7.09. The van der Waals surface area contributed by atoms with E-state index in [0.29, 0.717) is 12.4 Å². The van der Waals surface area contributed by atoms with Crippen molar-refractivity contribution in [2.75, 3.05) is 6.61 Å². The fourth-order valence-corrected chi connectivity index (χ4v) is 5.64. The molecule has 2 aromatic carbocycles. The van der Waals surface area contributed by atoms with Crippen LogP contribution in [0.25, 0.3) is 0 Å². The standard InChI is InChI=1S/C27H37O3P/c1-4-6-8-15-23-18-25(28)27(24-16-11-12-21(3)17-24)26(19-23)30-31(29-5-2)20-22-13-9-7-10-14-22/h7,9-10,13-14,17-19,24,28H,4-6,8,11-12,15-16,20H2,1-3H3. The fraction of sp³-hybridized carbons (Fsp3) is 0.481. The van der Waals surface area contributed by atoms with Crippen LogP contribution >= 0.6 is 8.38 Å². The van der Waals surface area contributed by atoms with E-state index >= 15 is 0 Å². The molecule has 0 aromatic heterocycles. The van der Waals surface area contributed by atoms with Gasteiger partial charge in [0.25, 0.3) is 0 Å². The van der Waals surface area contributed by atoms with Crippen LogP contribution in [0.1, 0.15) is 81.9 Å². The average Bonchev–Trinajstić information content (AvgIpc) is 2.75. The summed E-state index contributed by atoms with van der Waals surface area (Å²) in [5.41, 5.74) is 4.68. The molecule has 3 nitrogen and oxygen atoms in total. The Balaban J connectivity index is 1.92. The van der Waals surface area contributed by atoms with Crippen molar-refractivity contribution in [2.24, 2.45) is 0 Å². The number of hydrogen-bond acceptors (Lipinski definition) is 3. The minimum absolute atomic E-state index is 0.198. The Morgan fingerprint density at radius 2 is 1.87 bits per heavy atom. The smallest absolute Gasteiger partial charge is 0.234 e. The second-order valence-corrected chi connectivity index (χ2v) is 9.90. The molecule has 3 rings (SSSR count). The van der Waals surface area contributed by atoms with Gasteiger partial charge in [-0.1, -0.05) is 61.7 Å². The van der Waals surface area contributed by atoms with E-state index in [2.05, 4.69) is 50.3 Å². The first-order valence-electron chi connectivity index (χ1n) is 11.8. The van der Waals surface area contributed by atoms with Crippen LogP contribution in [0.5, 0.6) is 11.5 Å². The predicted molar refractivity (Wildman–Crippen MR) is 131 cm³/mol. The molecular formula is C27H37O3P. The molecule has 0 amide bonds. The lowest BCUT2D eigenvalue weighted by Crippen LogP contribution is -2.06. The molecular weight excluding hydrogens is 403 g/mol. The van der Waals surface area contributed by atoms with Crippen LogP contribution in [0.3, 0.4) is 0 Å². The summed E-state index contributed by atoms with van der Waals surface area (Å²) in [4.78, 5) is 0. The van der Waals surface area contributed by atoms with E-state index in [1.165, 1.54) is 24.0 Å². The Bertz CT molecular complexity index is 847. The van der Waals surface area contributed by atoms with Crippen molar-refractivity contribution >= 4 is 8.38 Å². The Morgan fingerprint density at radius 3 is 2.58 bits per heavy atom. The van der Waals surface area contributed by atoms with Crippen molar-refractivity contribution in [2.45, 2.75) is 77.8 Å². The highest BCUT2D eigenvalue weighted by molar-refractivity contribution is 7.46. The van der Waals surface area contributed by atoms with E-state index in [1.54, 1.807) is 0 Å². The van der Waals surface area contributed by atoms with E-state index < -0.39 is 8.38 Å². The predicted octanol–water partition coefficient (Wildman–Crippen LogP) is 8.27. The van der Waals surface area contributed by atoms with Crippen molar-refractivity contribution < 1.29 is 14.2 Å². The molecule has 0 aliphatic heterocycles. The zero-order valence-electron chi connectivity index (χ0n) is 19.3. The maximum Gasteiger partial charge on any atom is 0.234 e. The fourth-order valence-electron chi connectivity index (χ4n) is 4.27. The zero-order valence-corrected chi connectivity index (χ0v) is 20.2. The van der Waals surface area contributed by atoms with Crippen molar-refractivity contribution in [3.05, 3.63) is 70.8 Å². The SMILES string of the molecule is CCCCCc1cc(O)c(C2C=C(C)CCC2)c(OP(Cc2ccccc2)OCC)c1. The lowest BCUT2D eigenvalue weighted by atomic mass is 9.84. The molecule has 31 heavy (non-hydrogen) atoms. The summed E-state index contributed by atoms with van der Waals surface area (Å²) in [6.45, 7) is 7.02. The number of aryl methyl sites for hydroxylation is 1. The van der Waals surface area contributed by atoms with Gasteiger partial charge in [0.1, 0.15) is 11.5 Å². The summed E-state index contributed by atoms with van der Waals surface area (Å²) in [5, 5.41) is 11.1. The van der Waals surface area contributed by atoms with Crippen LogP contribution in [0.2, 0.25) is 0 Å². The molecule has 0 radical (unpaired) electrons. The van der Waals surface area contributed by atoms with Crippen molar-refractivity contribution in [3.63, 3.8) is 0 Å². The minimum Gasteiger partial charge on any atom is -0.507 e. The lowest BCUT2D eigenvalue weighted by molar-refractivity contribution is 0.331. The van der Waals surface area contributed by atoms with Crippen molar-refractivity contribution in [1.82, 2.24) is 0 Å². The number of rotatable bonds is 11. The van der Waals surface area contributed by atoms with E-state index in [4.69, 9.17) is 9.05 Å². The number of benzene rings is 2. The normalized spacial score (nSPS) is 17.3. The van der Waals surface area contributed by atoms with Gasteiger partial charge in [0.15, 0.2) is 0 Å². The van der Waals surface area contributed by atoms with Gasteiger partial charge < -0.3 is 14.2 Å². The van der Waals surface area contributed by atoms with E-state index in [-0.39, 0.29) is 5.92 Å². The number of allylic oxidation sites excluding steroid dienone is 2. The monoisotopic (exact) mass is 440 g/mol. The summed E-state index contributed by atoms with van der Waals surface area (Å²) in [7, 11) is -1.13. The van der Waals surface area contributed by atoms with E-state index in [9.17, 15) is 5.11 Å². The van der Waals surface area contributed by atoms with Gasteiger partial charge in [-0.25, -0.2) is 0 Å². The molecule has 168 valence electrons. The molecule has 1 aliphatic rings. The number of hydrogen-bond donors (Lipinski definition) is 1. The first-order chi connectivity index (χ1) is 15.1. The molecule has 0 saturated carbocycles. The van der Waals surface area contributed by atoms with Gasteiger partial charge in [-0.3, -0.25) is 0 Å². The highest BCUT2D eigenvalue weighted by atomic mass is 31.2. The van der Waals surface area contributed by atoms with Crippen molar-refractivity contribution in [1.29, 1.82) is 0 Å². The summed E-state index contributed by atoms with van der Waals surface area (Å²) < 4.78 is 12.6. The molecule has 0 heterocycles. The molecule has 2 atom stereocenters. The summed E-state index contributed by atoms with van der Waals surface area (Å²) >= 11 is 0. The van der Waals surface area contributed by atoms with Gasteiger partial charge in [0.2, 0.25) is 8.38 Å². The van der Waals surface area contributed by atoms with Gasteiger partial charge in [-0.2, -0.15) is 0 Å². The van der Waals surface area contributed by atoms with Gasteiger partial charge >= 0.3 is 0 Å². The minimum atomic E-state index is -1.13. The third-order valence-electron chi connectivity index (χ3n) is 5.82. The third-order valence-corrected chi connectivity index (χ3v) is 7.39. The molecule has 2 unspecified atom stereocenters. The molecule has 0 bridgehead atoms. The highest BCUT2D eigenvalue weighted by Crippen LogP contribution is 2.49. The second-order valence-electron chi connectivity index (χ2n) is 8.48. The first kappa shape index (κ1) is 23.8. The van der Waals surface area contributed by atoms with Crippen LogP contribution in [0.15, 0.2) is 54.1 Å².